The van der Waals surface area contributed by atoms with Crippen LogP contribution in [-0.2, 0) is 19.4 Å². The predicted octanol–water partition coefficient (Wildman–Crippen LogP) is 2.74. The zero-order valence-corrected chi connectivity index (χ0v) is 14.8. The van der Waals surface area contributed by atoms with Crippen molar-refractivity contribution in [3.05, 3.63) is 59.2 Å². The molecule has 0 unspecified atom stereocenters. The van der Waals surface area contributed by atoms with Crippen molar-refractivity contribution in [1.29, 1.82) is 0 Å². The summed E-state index contributed by atoms with van der Waals surface area (Å²) in [7, 11) is 3.34. The summed E-state index contributed by atoms with van der Waals surface area (Å²) in [5, 5.41) is 14.0. The fourth-order valence-corrected chi connectivity index (χ4v) is 3.24. The van der Waals surface area contributed by atoms with Crippen LogP contribution in [0, 0.1) is 0 Å². The van der Waals surface area contributed by atoms with Gasteiger partial charge in [0.2, 0.25) is 0 Å². The maximum atomic E-state index is 10.5. The number of methoxy groups -OCH3 is 2. The molecule has 0 aliphatic heterocycles. The molecule has 0 bridgehead atoms. The minimum absolute atomic E-state index is 0. The van der Waals surface area contributed by atoms with E-state index in [-0.39, 0.29) is 18.4 Å². The van der Waals surface area contributed by atoms with Crippen molar-refractivity contribution in [3.63, 3.8) is 0 Å². The molecule has 4 nitrogen and oxygen atoms in total. The second kappa shape index (κ2) is 8.38. The fourth-order valence-electron chi connectivity index (χ4n) is 3.24. The average molecular weight is 350 g/mol. The van der Waals surface area contributed by atoms with E-state index < -0.39 is 6.10 Å². The molecule has 1 aliphatic rings. The summed E-state index contributed by atoms with van der Waals surface area (Å²) in [6.45, 7) is 0.740. The van der Waals surface area contributed by atoms with Crippen molar-refractivity contribution < 1.29 is 14.6 Å². The van der Waals surface area contributed by atoms with E-state index in [9.17, 15) is 5.11 Å². The highest BCUT2D eigenvalue weighted by molar-refractivity contribution is 5.85. The minimum atomic E-state index is -0.438. The van der Waals surface area contributed by atoms with Gasteiger partial charge in [0, 0.05) is 30.1 Å². The highest BCUT2D eigenvalue weighted by Gasteiger charge is 2.30. The lowest BCUT2D eigenvalue weighted by molar-refractivity contribution is 0.117. The predicted molar refractivity (Wildman–Crippen MR) is 97.3 cm³/mol. The third-order valence-electron chi connectivity index (χ3n) is 4.50. The van der Waals surface area contributed by atoms with Crippen LogP contribution in [0.2, 0.25) is 0 Å². The van der Waals surface area contributed by atoms with Gasteiger partial charge in [0.25, 0.3) is 0 Å². The van der Waals surface area contributed by atoms with Crippen LogP contribution in [0.5, 0.6) is 11.5 Å². The molecule has 1 aliphatic carbocycles. The number of nitrogens with one attached hydrogen (secondary N) is 1. The number of aliphatic hydroxyl groups excluding tert-OH is 1. The van der Waals surface area contributed by atoms with E-state index in [0.29, 0.717) is 6.42 Å². The summed E-state index contributed by atoms with van der Waals surface area (Å²) in [5.74, 6) is 1.68. The lowest BCUT2D eigenvalue weighted by Gasteiger charge is -2.32. The average Bonchev–Trinajstić information content (AvgIpc) is 2.60. The van der Waals surface area contributed by atoms with Gasteiger partial charge < -0.3 is 19.9 Å². The number of ether oxygens (including phenoxy) is 2. The Bertz CT molecular complexity index is 663. The van der Waals surface area contributed by atoms with Gasteiger partial charge in [-0.05, 0) is 24.1 Å². The molecule has 3 rings (SSSR count). The molecule has 0 saturated carbocycles. The van der Waals surface area contributed by atoms with Gasteiger partial charge in [-0.3, -0.25) is 0 Å². The van der Waals surface area contributed by atoms with Gasteiger partial charge in [0.05, 0.1) is 20.3 Å². The van der Waals surface area contributed by atoms with Crippen molar-refractivity contribution in [3.8, 4) is 11.5 Å². The summed E-state index contributed by atoms with van der Waals surface area (Å²) in [5.41, 5.74) is 3.39. The molecule has 5 heteroatoms. The normalized spacial score (nSPS) is 19.1. The van der Waals surface area contributed by atoms with Crippen molar-refractivity contribution in [2.75, 3.05) is 14.2 Å². The van der Waals surface area contributed by atoms with Gasteiger partial charge in [-0.25, -0.2) is 0 Å². The Labute approximate surface area is 149 Å². The molecule has 2 aromatic rings. The van der Waals surface area contributed by atoms with Crippen LogP contribution in [0.15, 0.2) is 42.5 Å². The van der Waals surface area contributed by atoms with Gasteiger partial charge in [0.1, 0.15) is 11.5 Å². The number of aliphatic hydroxyl groups is 1. The highest BCUT2D eigenvalue weighted by atomic mass is 35.5. The molecule has 0 saturated heterocycles. The van der Waals surface area contributed by atoms with Gasteiger partial charge >= 0.3 is 0 Å². The summed E-state index contributed by atoms with van der Waals surface area (Å²) in [6, 6.07) is 14.1. The summed E-state index contributed by atoms with van der Waals surface area (Å²) < 4.78 is 10.9. The lowest BCUT2D eigenvalue weighted by atomic mass is 9.85. The molecule has 0 spiro atoms. The molecule has 0 aromatic heterocycles. The van der Waals surface area contributed by atoms with Crippen molar-refractivity contribution in [1.82, 2.24) is 5.32 Å². The standard InChI is InChI=1S/C19H23NO3.ClH/c1-22-18-8-9-19(23-2)15-11-17(21)16(10-14(15)18)20-12-13-6-4-3-5-7-13;/h3-9,16-17,20-21H,10-12H2,1-2H3;1H/t16-,17-;/m1./s1. The number of halogens is 1. The Hall–Kier alpha value is -1.75. The van der Waals surface area contributed by atoms with Crippen LogP contribution >= 0.6 is 12.4 Å². The Balaban J connectivity index is 0.00000208. The molecule has 130 valence electrons. The van der Waals surface area contributed by atoms with Gasteiger partial charge in [-0.1, -0.05) is 30.3 Å². The monoisotopic (exact) mass is 349 g/mol. The molecule has 2 atom stereocenters. The molecule has 24 heavy (non-hydrogen) atoms. The Kier molecular flexibility index (Phi) is 6.49. The molecule has 2 N–H and O–H groups in total. The molecular formula is C19H24ClNO3. The smallest absolute Gasteiger partial charge is 0.122 e. The van der Waals surface area contributed by atoms with Crippen LogP contribution in [0.1, 0.15) is 16.7 Å². The fraction of sp³-hybridized carbons (Fsp3) is 0.368. The number of fused-ring (bicyclic) bond motifs is 1. The number of benzene rings is 2. The minimum Gasteiger partial charge on any atom is -0.496 e. The number of rotatable bonds is 5. The highest BCUT2D eigenvalue weighted by Crippen LogP contribution is 2.36. The first-order valence-corrected chi connectivity index (χ1v) is 7.91. The zero-order valence-electron chi connectivity index (χ0n) is 14.0. The van der Waals surface area contributed by atoms with Crippen LogP contribution in [-0.4, -0.2) is 31.5 Å². The van der Waals surface area contributed by atoms with Crippen molar-refractivity contribution >= 4 is 12.4 Å². The van der Waals surface area contributed by atoms with E-state index in [4.69, 9.17) is 9.47 Å². The number of hydrogen-bond acceptors (Lipinski definition) is 4. The van der Waals surface area contributed by atoms with E-state index >= 15 is 0 Å². The van der Waals surface area contributed by atoms with Crippen molar-refractivity contribution in [2.45, 2.75) is 31.5 Å². The Morgan fingerprint density at radius 2 is 1.54 bits per heavy atom. The van der Waals surface area contributed by atoms with Crippen LogP contribution in [0.25, 0.3) is 0 Å². The zero-order chi connectivity index (χ0) is 16.2. The van der Waals surface area contributed by atoms with E-state index in [0.717, 1.165) is 35.6 Å². The topological polar surface area (TPSA) is 50.7 Å². The Morgan fingerprint density at radius 3 is 2.12 bits per heavy atom. The largest absolute Gasteiger partial charge is 0.496 e. The van der Waals surface area contributed by atoms with Gasteiger partial charge in [-0.15, -0.1) is 12.4 Å². The molecule has 0 heterocycles. The molecular weight excluding hydrogens is 326 g/mol. The lowest BCUT2D eigenvalue weighted by Crippen LogP contribution is -2.45. The van der Waals surface area contributed by atoms with Crippen molar-refractivity contribution in [2.24, 2.45) is 0 Å². The van der Waals surface area contributed by atoms with E-state index in [1.54, 1.807) is 14.2 Å². The second-order valence-electron chi connectivity index (χ2n) is 5.88. The summed E-state index contributed by atoms with van der Waals surface area (Å²) in [6.07, 6.45) is 0.860. The third kappa shape index (κ3) is 3.83. The molecule has 0 fully saturated rings. The van der Waals surface area contributed by atoms with E-state index in [1.165, 1.54) is 5.56 Å². The summed E-state index contributed by atoms with van der Waals surface area (Å²) in [4.78, 5) is 0. The van der Waals surface area contributed by atoms with E-state index in [2.05, 4.69) is 17.4 Å². The Morgan fingerprint density at radius 1 is 0.958 bits per heavy atom. The third-order valence-corrected chi connectivity index (χ3v) is 4.50. The summed E-state index contributed by atoms with van der Waals surface area (Å²) >= 11 is 0. The quantitative estimate of drug-likeness (QED) is 0.871. The second-order valence-corrected chi connectivity index (χ2v) is 5.88. The van der Waals surface area contributed by atoms with Crippen LogP contribution in [0.4, 0.5) is 0 Å². The number of hydrogen-bond donors (Lipinski definition) is 2. The maximum Gasteiger partial charge on any atom is 0.122 e. The van der Waals surface area contributed by atoms with Crippen LogP contribution in [0.3, 0.4) is 0 Å². The SMILES string of the molecule is COc1ccc(OC)c2c1C[C@@H](O)[C@H](NCc1ccccc1)C2.Cl. The van der Waals surface area contributed by atoms with Crippen LogP contribution < -0.4 is 14.8 Å². The first kappa shape index (κ1) is 18.6. The van der Waals surface area contributed by atoms with Gasteiger partial charge in [0.15, 0.2) is 0 Å². The maximum absolute atomic E-state index is 10.5. The molecule has 0 amide bonds. The first-order valence-electron chi connectivity index (χ1n) is 7.91. The molecule has 2 aromatic carbocycles. The van der Waals surface area contributed by atoms with E-state index in [1.807, 2.05) is 30.3 Å². The van der Waals surface area contributed by atoms with Gasteiger partial charge in [-0.2, -0.15) is 0 Å². The first-order chi connectivity index (χ1) is 11.2. The molecule has 0 radical (unpaired) electrons.